The highest BCUT2D eigenvalue weighted by molar-refractivity contribution is 5.92. The maximum absolute atomic E-state index is 12.8. The van der Waals surface area contributed by atoms with E-state index in [9.17, 15) is 9.90 Å². The highest BCUT2D eigenvalue weighted by atomic mass is 16.7. The van der Waals surface area contributed by atoms with Crippen molar-refractivity contribution in [2.24, 2.45) is 5.92 Å². The quantitative estimate of drug-likeness (QED) is 0.807. The van der Waals surface area contributed by atoms with Gasteiger partial charge in [0.1, 0.15) is 0 Å². The van der Waals surface area contributed by atoms with Crippen LogP contribution in [-0.4, -0.2) is 41.4 Å². The monoisotopic (exact) mass is 408 g/mol. The van der Waals surface area contributed by atoms with Crippen LogP contribution in [0.5, 0.6) is 11.5 Å². The summed E-state index contributed by atoms with van der Waals surface area (Å²) in [5, 5.41) is 14.4. The molecule has 0 aromatic heterocycles. The van der Waals surface area contributed by atoms with E-state index >= 15 is 0 Å². The number of carbonyl (C=O) groups is 1. The maximum atomic E-state index is 12.8. The van der Waals surface area contributed by atoms with Crippen LogP contribution in [-0.2, 0) is 4.79 Å². The van der Waals surface area contributed by atoms with E-state index in [0.29, 0.717) is 19.5 Å². The fourth-order valence-corrected chi connectivity index (χ4v) is 5.37. The average Bonchev–Trinajstić information content (AvgIpc) is 3.22. The lowest BCUT2D eigenvalue weighted by Crippen LogP contribution is -2.56. The zero-order valence-electron chi connectivity index (χ0n) is 17.0. The molecule has 1 amide bonds. The Kier molecular flexibility index (Phi) is 5.13. The number of para-hydroxylation sites is 1. The van der Waals surface area contributed by atoms with Crippen LogP contribution < -0.4 is 14.8 Å². The number of nitrogens with zero attached hydrogens (tertiary/aromatic N) is 1. The Morgan fingerprint density at radius 1 is 1.10 bits per heavy atom. The summed E-state index contributed by atoms with van der Waals surface area (Å²) in [5.41, 5.74) is 1.22. The van der Waals surface area contributed by atoms with Gasteiger partial charge in [0, 0.05) is 24.2 Å². The number of nitrogens with one attached hydrogen (secondary N) is 1. The van der Waals surface area contributed by atoms with Gasteiger partial charge in [-0.2, -0.15) is 0 Å². The number of anilines is 1. The van der Waals surface area contributed by atoms with Crippen molar-refractivity contribution in [1.82, 2.24) is 4.90 Å². The summed E-state index contributed by atoms with van der Waals surface area (Å²) in [6.45, 7) is 1.22. The summed E-state index contributed by atoms with van der Waals surface area (Å²) in [4.78, 5) is 15.0. The van der Waals surface area contributed by atoms with Gasteiger partial charge in [-0.05, 0) is 49.1 Å². The molecule has 158 valence electrons. The Bertz CT molecular complexity index is 919. The number of hydrogen-bond acceptors (Lipinski definition) is 5. The van der Waals surface area contributed by atoms with E-state index < -0.39 is 5.60 Å². The normalized spacial score (nSPS) is 28.0. The van der Waals surface area contributed by atoms with Gasteiger partial charge >= 0.3 is 0 Å². The number of benzene rings is 2. The first-order valence-corrected chi connectivity index (χ1v) is 10.8. The Morgan fingerprint density at radius 2 is 1.93 bits per heavy atom. The van der Waals surface area contributed by atoms with Crippen LogP contribution in [0.25, 0.3) is 0 Å². The third-order valence-corrected chi connectivity index (χ3v) is 6.81. The fourth-order valence-electron chi connectivity index (χ4n) is 5.37. The number of aliphatic hydroxyl groups is 1. The van der Waals surface area contributed by atoms with Gasteiger partial charge in [-0.3, -0.25) is 9.69 Å². The lowest BCUT2D eigenvalue weighted by atomic mass is 9.66. The molecule has 3 atom stereocenters. The van der Waals surface area contributed by atoms with Gasteiger partial charge in [0.2, 0.25) is 12.7 Å². The third kappa shape index (κ3) is 3.66. The van der Waals surface area contributed by atoms with Crippen molar-refractivity contribution in [3.05, 3.63) is 54.1 Å². The van der Waals surface area contributed by atoms with Crippen LogP contribution in [0, 0.1) is 5.92 Å². The lowest BCUT2D eigenvalue weighted by Gasteiger charge is -2.52. The topological polar surface area (TPSA) is 71.0 Å². The summed E-state index contributed by atoms with van der Waals surface area (Å²) < 4.78 is 11.1. The Morgan fingerprint density at radius 3 is 2.80 bits per heavy atom. The molecule has 0 unspecified atom stereocenters. The number of fused-ring (bicyclic) bond motifs is 2. The summed E-state index contributed by atoms with van der Waals surface area (Å²) in [6.07, 6.45) is 4.68. The third-order valence-electron chi connectivity index (χ3n) is 6.81. The van der Waals surface area contributed by atoms with Crippen molar-refractivity contribution >= 4 is 11.6 Å². The number of likely N-dealkylation sites (tertiary alicyclic amines) is 1. The second-order valence-electron chi connectivity index (χ2n) is 8.65. The molecule has 2 aromatic rings. The number of rotatable bonds is 4. The van der Waals surface area contributed by atoms with Gasteiger partial charge in [-0.25, -0.2) is 0 Å². The maximum Gasteiger partial charge on any atom is 0.238 e. The van der Waals surface area contributed by atoms with E-state index in [1.54, 1.807) is 0 Å². The highest BCUT2D eigenvalue weighted by Gasteiger charge is 2.49. The van der Waals surface area contributed by atoms with Gasteiger partial charge in [-0.1, -0.05) is 37.1 Å². The minimum absolute atomic E-state index is 0.0277. The van der Waals surface area contributed by atoms with Crippen LogP contribution in [0.15, 0.2) is 48.5 Å². The molecule has 0 spiro atoms. The van der Waals surface area contributed by atoms with Crippen molar-refractivity contribution in [3.8, 4) is 11.5 Å². The first-order valence-electron chi connectivity index (χ1n) is 10.8. The zero-order chi connectivity index (χ0) is 20.6. The van der Waals surface area contributed by atoms with Gasteiger partial charge in [0.15, 0.2) is 11.5 Å². The van der Waals surface area contributed by atoms with E-state index in [0.717, 1.165) is 48.4 Å². The Labute approximate surface area is 176 Å². The van der Waals surface area contributed by atoms with Crippen molar-refractivity contribution in [1.29, 1.82) is 0 Å². The van der Waals surface area contributed by atoms with Crippen LogP contribution in [0.2, 0.25) is 0 Å². The summed E-state index contributed by atoms with van der Waals surface area (Å²) >= 11 is 0. The van der Waals surface area contributed by atoms with E-state index in [4.69, 9.17) is 9.47 Å². The standard InChI is InChI=1S/C24H28N2O4/c27-22(25-18-6-2-1-3-7-18)15-26-13-12-24(28)11-5-4-8-19(24)23(26)17-9-10-20-21(14-17)30-16-29-20/h1-3,6-7,9-10,14,19,23,28H,4-5,8,11-13,15-16H2,(H,25,27)/t19-,23-,24-/m1/s1. The number of amides is 1. The van der Waals surface area contributed by atoms with E-state index in [1.807, 2.05) is 42.5 Å². The van der Waals surface area contributed by atoms with Gasteiger partial charge in [0.05, 0.1) is 12.1 Å². The first kappa shape index (κ1) is 19.4. The molecule has 2 aliphatic heterocycles. The molecule has 1 saturated carbocycles. The molecule has 30 heavy (non-hydrogen) atoms. The molecule has 2 N–H and O–H groups in total. The van der Waals surface area contributed by atoms with Gasteiger partial charge in [-0.15, -0.1) is 0 Å². The predicted octanol–water partition coefficient (Wildman–Crippen LogP) is 3.72. The highest BCUT2D eigenvalue weighted by Crippen LogP contribution is 2.50. The minimum Gasteiger partial charge on any atom is -0.454 e. The summed E-state index contributed by atoms with van der Waals surface area (Å²) in [6, 6.07) is 15.5. The molecule has 2 fully saturated rings. The SMILES string of the molecule is O=C(CN1CC[C@]2(O)CCCC[C@@H]2[C@H]1c1ccc2c(c1)OCO2)Nc1ccccc1. The molecule has 1 saturated heterocycles. The lowest BCUT2D eigenvalue weighted by molar-refractivity contribution is -0.135. The van der Waals surface area contributed by atoms with Crippen LogP contribution in [0.4, 0.5) is 5.69 Å². The molecule has 0 bridgehead atoms. The Hall–Kier alpha value is -2.57. The second-order valence-corrected chi connectivity index (χ2v) is 8.65. The number of ether oxygens (including phenoxy) is 2. The molecule has 2 heterocycles. The molecule has 1 aliphatic carbocycles. The molecule has 3 aliphatic rings. The molecule has 6 nitrogen and oxygen atoms in total. The molecule has 2 aromatic carbocycles. The largest absolute Gasteiger partial charge is 0.454 e. The van der Waals surface area contributed by atoms with Crippen LogP contribution >= 0.6 is 0 Å². The van der Waals surface area contributed by atoms with E-state index in [2.05, 4.69) is 16.3 Å². The average molecular weight is 408 g/mol. The minimum atomic E-state index is -0.661. The van der Waals surface area contributed by atoms with Crippen molar-refractivity contribution in [2.45, 2.75) is 43.7 Å². The van der Waals surface area contributed by atoms with Crippen molar-refractivity contribution in [3.63, 3.8) is 0 Å². The molecular formula is C24H28N2O4. The summed E-state index contributed by atoms with van der Waals surface area (Å²) in [7, 11) is 0. The molecule has 5 rings (SSSR count). The van der Waals surface area contributed by atoms with Crippen molar-refractivity contribution < 1.29 is 19.4 Å². The molecular weight excluding hydrogens is 380 g/mol. The van der Waals surface area contributed by atoms with Crippen LogP contribution in [0.3, 0.4) is 0 Å². The van der Waals surface area contributed by atoms with Crippen LogP contribution in [0.1, 0.15) is 43.7 Å². The number of piperidine rings is 1. The fraction of sp³-hybridized carbons (Fsp3) is 0.458. The smallest absolute Gasteiger partial charge is 0.238 e. The number of hydrogen-bond donors (Lipinski definition) is 2. The first-order chi connectivity index (χ1) is 14.6. The van der Waals surface area contributed by atoms with E-state index in [-0.39, 0.29) is 24.7 Å². The van der Waals surface area contributed by atoms with E-state index in [1.165, 1.54) is 0 Å². The van der Waals surface area contributed by atoms with Gasteiger partial charge in [0.25, 0.3) is 0 Å². The Balaban J connectivity index is 1.42. The van der Waals surface area contributed by atoms with Crippen molar-refractivity contribution in [2.75, 3.05) is 25.2 Å². The number of carbonyl (C=O) groups excluding carboxylic acids is 1. The second kappa shape index (κ2) is 7.93. The molecule has 0 radical (unpaired) electrons. The summed E-state index contributed by atoms with van der Waals surface area (Å²) in [5.74, 6) is 1.56. The molecule has 6 heteroatoms. The zero-order valence-corrected chi connectivity index (χ0v) is 17.0. The van der Waals surface area contributed by atoms with Gasteiger partial charge < -0.3 is 19.9 Å². The predicted molar refractivity (Wildman–Crippen MR) is 113 cm³/mol.